The average Bonchev–Trinajstić information content (AvgIpc) is 2.35. The van der Waals surface area contributed by atoms with Gasteiger partial charge in [0.25, 0.3) is 5.69 Å². The number of methoxy groups -OCH3 is 2. The number of nitro groups is 1. The maximum absolute atomic E-state index is 11.2. The van der Waals surface area contributed by atoms with Crippen molar-refractivity contribution < 1.29 is 24.0 Å². The van der Waals surface area contributed by atoms with Crippen LogP contribution < -0.4 is 0 Å². The number of carbonyl (C=O) groups is 2. The largest absolute Gasteiger partial charge is 0.465 e. The number of benzene rings is 1. The van der Waals surface area contributed by atoms with Crippen LogP contribution in [0.25, 0.3) is 0 Å². The van der Waals surface area contributed by atoms with E-state index in [0.717, 1.165) is 26.4 Å². The number of carbonyl (C=O) groups excluding carboxylic acids is 2. The van der Waals surface area contributed by atoms with Gasteiger partial charge in [-0.2, -0.15) is 0 Å². The molecule has 17 heavy (non-hydrogen) atoms. The highest BCUT2D eigenvalue weighted by Gasteiger charge is 2.23. The molecule has 1 aromatic carbocycles. The third-order valence-electron chi connectivity index (χ3n) is 2.02. The quantitative estimate of drug-likeness (QED) is 0.446. The molecule has 0 heterocycles. The molecular weight excluding hydrogens is 230 g/mol. The predicted octanol–water partition coefficient (Wildman–Crippen LogP) is 1.17. The first kappa shape index (κ1) is 12.6. The molecule has 0 saturated heterocycles. The molecule has 0 bridgehead atoms. The Morgan fingerprint density at radius 3 is 2.24 bits per heavy atom. The van der Waals surface area contributed by atoms with Crippen molar-refractivity contribution in [3.8, 4) is 0 Å². The second-order valence-electron chi connectivity index (χ2n) is 2.97. The molecule has 7 heteroatoms. The summed E-state index contributed by atoms with van der Waals surface area (Å²) in [4.78, 5) is 32.4. The Morgan fingerprint density at radius 2 is 1.76 bits per heavy atom. The van der Waals surface area contributed by atoms with Crippen LogP contribution in [-0.4, -0.2) is 31.1 Å². The van der Waals surface area contributed by atoms with Gasteiger partial charge in [0.15, 0.2) is 0 Å². The Hall–Kier alpha value is -2.44. The lowest BCUT2D eigenvalue weighted by molar-refractivity contribution is -0.385. The number of rotatable bonds is 3. The lowest BCUT2D eigenvalue weighted by atomic mass is 10.1. The van der Waals surface area contributed by atoms with E-state index >= 15 is 0 Å². The molecule has 7 nitrogen and oxygen atoms in total. The van der Waals surface area contributed by atoms with Crippen molar-refractivity contribution in [1.29, 1.82) is 0 Å². The summed E-state index contributed by atoms with van der Waals surface area (Å²) in [7, 11) is 2.27. The van der Waals surface area contributed by atoms with Gasteiger partial charge in [-0.3, -0.25) is 10.1 Å². The first-order chi connectivity index (χ1) is 8.01. The molecule has 0 aromatic heterocycles. The van der Waals surface area contributed by atoms with Crippen LogP contribution in [0.2, 0.25) is 0 Å². The van der Waals surface area contributed by atoms with E-state index in [2.05, 4.69) is 9.47 Å². The van der Waals surface area contributed by atoms with Gasteiger partial charge < -0.3 is 9.47 Å². The number of esters is 2. The summed E-state index contributed by atoms with van der Waals surface area (Å²) < 4.78 is 8.81. The first-order valence-electron chi connectivity index (χ1n) is 4.46. The Bertz CT molecular complexity index is 482. The highest BCUT2D eigenvalue weighted by molar-refractivity contribution is 5.97. The van der Waals surface area contributed by atoms with Crippen LogP contribution in [0, 0.1) is 10.1 Å². The monoisotopic (exact) mass is 239 g/mol. The second kappa shape index (κ2) is 5.06. The maximum atomic E-state index is 11.2. The van der Waals surface area contributed by atoms with E-state index in [4.69, 9.17) is 0 Å². The summed E-state index contributed by atoms with van der Waals surface area (Å²) in [6.07, 6.45) is 0. The molecule has 0 unspecified atom stereocenters. The number of nitrogens with zero attached hydrogens (tertiary/aromatic N) is 1. The summed E-state index contributed by atoms with van der Waals surface area (Å²) in [5.41, 5.74) is -0.725. The van der Waals surface area contributed by atoms with Crippen molar-refractivity contribution in [2.45, 2.75) is 0 Å². The van der Waals surface area contributed by atoms with E-state index in [1.165, 1.54) is 6.07 Å². The summed E-state index contributed by atoms with van der Waals surface area (Å²) in [6, 6.07) is 3.37. The normalized spacial score (nSPS) is 9.53. The zero-order valence-electron chi connectivity index (χ0n) is 9.13. The summed E-state index contributed by atoms with van der Waals surface area (Å²) in [6.45, 7) is 0. The van der Waals surface area contributed by atoms with E-state index in [1.807, 2.05) is 0 Å². The fourth-order valence-corrected chi connectivity index (χ4v) is 1.21. The summed E-state index contributed by atoms with van der Waals surface area (Å²) in [5.74, 6) is -1.56. The van der Waals surface area contributed by atoms with E-state index in [-0.39, 0.29) is 11.1 Å². The molecule has 0 N–H and O–H groups in total. The second-order valence-corrected chi connectivity index (χ2v) is 2.97. The molecule has 0 saturated carbocycles. The Kier molecular flexibility index (Phi) is 3.76. The molecule has 0 aliphatic carbocycles. The fraction of sp³-hybridized carbons (Fsp3) is 0.200. The van der Waals surface area contributed by atoms with Gasteiger partial charge >= 0.3 is 11.9 Å². The molecule has 0 aliphatic rings. The SMILES string of the molecule is COC(=O)c1ccc(C(=O)OC)c([N+](=O)[O-])c1. The number of hydrogen-bond donors (Lipinski definition) is 0. The molecule has 0 amide bonds. The van der Waals surface area contributed by atoms with Crippen molar-refractivity contribution in [3.63, 3.8) is 0 Å². The molecule has 90 valence electrons. The van der Waals surface area contributed by atoms with Gasteiger partial charge in [0.2, 0.25) is 0 Å². The lowest BCUT2D eigenvalue weighted by Gasteiger charge is -2.03. The molecule has 0 radical (unpaired) electrons. The highest BCUT2D eigenvalue weighted by atomic mass is 16.6. The molecular formula is C10H9NO6. The maximum Gasteiger partial charge on any atom is 0.344 e. The smallest absolute Gasteiger partial charge is 0.344 e. The van der Waals surface area contributed by atoms with Gasteiger partial charge in [-0.15, -0.1) is 0 Å². The van der Waals surface area contributed by atoms with Gasteiger partial charge in [-0.25, -0.2) is 9.59 Å². The standard InChI is InChI=1S/C10H9NO6/c1-16-9(12)6-3-4-7(10(13)17-2)8(5-6)11(14)15/h3-5H,1-2H3. The van der Waals surface area contributed by atoms with Gasteiger partial charge in [0, 0.05) is 6.07 Å². The minimum Gasteiger partial charge on any atom is -0.465 e. The van der Waals surface area contributed by atoms with E-state index in [9.17, 15) is 19.7 Å². The van der Waals surface area contributed by atoms with E-state index < -0.39 is 22.5 Å². The Morgan fingerprint density at radius 1 is 1.18 bits per heavy atom. The molecule has 0 spiro atoms. The molecule has 0 atom stereocenters. The highest BCUT2D eigenvalue weighted by Crippen LogP contribution is 2.21. The van der Waals surface area contributed by atoms with Gasteiger partial charge in [0.05, 0.1) is 24.7 Å². The Balaban J connectivity index is 3.32. The zero-order chi connectivity index (χ0) is 13.0. The zero-order valence-corrected chi connectivity index (χ0v) is 9.13. The van der Waals surface area contributed by atoms with Crippen molar-refractivity contribution >= 4 is 17.6 Å². The van der Waals surface area contributed by atoms with Crippen LogP contribution in [-0.2, 0) is 9.47 Å². The topological polar surface area (TPSA) is 95.7 Å². The third-order valence-corrected chi connectivity index (χ3v) is 2.02. The first-order valence-corrected chi connectivity index (χ1v) is 4.46. The van der Waals surface area contributed by atoms with Crippen LogP contribution in [0.15, 0.2) is 18.2 Å². The number of hydrogen-bond acceptors (Lipinski definition) is 6. The fourth-order valence-electron chi connectivity index (χ4n) is 1.21. The van der Waals surface area contributed by atoms with Gasteiger partial charge in [0.1, 0.15) is 5.56 Å². The van der Waals surface area contributed by atoms with Crippen molar-refractivity contribution in [2.75, 3.05) is 14.2 Å². The number of ether oxygens (including phenoxy) is 2. The predicted molar refractivity (Wildman–Crippen MR) is 55.8 cm³/mol. The summed E-state index contributed by atoms with van der Waals surface area (Å²) >= 11 is 0. The van der Waals surface area contributed by atoms with E-state index in [0.29, 0.717) is 0 Å². The van der Waals surface area contributed by atoms with Crippen LogP contribution in [0.3, 0.4) is 0 Å². The van der Waals surface area contributed by atoms with Crippen LogP contribution in [0.5, 0.6) is 0 Å². The van der Waals surface area contributed by atoms with Crippen LogP contribution in [0.4, 0.5) is 5.69 Å². The van der Waals surface area contributed by atoms with Crippen molar-refractivity contribution in [2.24, 2.45) is 0 Å². The van der Waals surface area contributed by atoms with E-state index in [1.54, 1.807) is 0 Å². The van der Waals surface area contributed by atoms with Crippen molar-refractivity contribution in [3.05, 3.63) is 39.4 Å². The minimum atomic E-state index is -0.840. The molecule has 0 aliphatic heterocycles. The van der Waals surface area contributed by atoms with Crippen LogP contribution >= 0.6 is 0 Å². The van der Waals surface area contributed by atoms with Gasteiger partial charge in [-0.1, -0.05) is 0 Å². The van der Waals surface area contributed by atoms with Gasteiger partial charge in [-0.05, 0) is 12.1 Å². The molecule has 1 aromatic rings. The van der Waals surface area contributed by atoms with Crippen LogP contribution in [0.1, 0.15) is 20.7 Å². The number of nitro benzene ring substituents is 1. The van der Waals surface area contributed by atoms with Crippen molar-refractivity contribution in [1.82, 2.24) is 0 Å². The minimum absolute atomic E-state index is 0.00754. The third kappa shape index (κ3) is 2.57. The Labute approximate surface area is 96.1 Å². The molecule has 0 fully saturated rings. The molecule has 1 rings (SSSR count). The average molecular weight is 239 g/mol. The summed E-state index contributed by atoms with van der Waals surface area (Å²) in [5, 5.41) is 10.8. The lowest BCUT2D eigenvalue weighted by Crippen LogP contribution is -2.08.